The maximum atomic E-state index is 8.29. The van der Waals surface area contributed by atoms with Crippen molar-refractivity contribution in [1.82, 2.24) is 3.97 Å². The van der Waals surface area contributed by atoms with Crippen LogP contribution in [0.4, 0.5) is 0 Å². The summed E-state index contributed by atoms with van der Waals surface area (Å²) < 4.78 is 2.68. The van der Waals surface area contributed by atoms with E-state index in [0.29, 0.717) is 5.75 Å². The average molecular weight is 214 g/mol. The normalized spacial score (nSPS) is 9.25. The number of thiocarbonyl (C=S) groups is 1. The van der Waals surface area contributed by atoms with Gasteiger partial charge in [-0.3, -0.25) is 3.97 Å². The Morgan fingerprint density at radius 1 is 1.50 bits per heavy atom. The highest BCUT2D eigenvalue weighted by Crippen LogP contribution is 2.18. The Balaban J connectivity index is 2.33. The highest BCUT2D eigenvalue weighted by atomic mass is 32.2. The number of nitriles is 1. The van der Waals surface area contributed by atoms with Crippen LogP contribution >= 0.6 is 35.9 Å². The van der Waals surface area contributed by atoms with E-state index in [2.05, 4.69) is 0 Å². The monoisotopic (exact) mass is 214 g/mol. The number of thioether (sulfide) groups is 1. The standard InChI is InChI=1S/C7H6N2S3/c8-3-6-11-7(10)12-9-4-1-2-5-9/h1-2,4-5H,6H2. The smallest absolute Gasteiger partial charge is 0.126 e. The van der Waals surface area contributed by atoms with Crippen molar-refractivity contribution in [1.29, 1.82) is 5.26 Å². The van der Waals surface area contributed by atoms with Gasteiger partial charge in [-0.05, 0) is 12.1 Å². The highest BCUT2D eigenvalue weighted by Gasteiger charge is 1.98. The van der Waals surface area contributed by atoms with Crippen molar-refractivity contribution in [2.75, 3.05) is 5.75 Å². The molecular formula is C7H6N2S3. The lowest BCUT2D eigenvalue weighted by Crippen LogP contribution is -1.87. The highest BCUT2D eigenvalue weighted by molar-refractivity contribution is 8.46. The van der Waals surface area contributed by atoms with E-state index in [4.69, 9.17) is 17.5 Å². The average Bonchev–Trinajstić information content (AvgIpc) is 2.53. The summed E-state index contributed by atoms with van der Waals surface area (Å²) in [6, 6.07) is 5.90. The molecule has 2 nitrogen and oxygen atoms in total. The molecule has 0 aliphatic rings. The van der Waals surface area contributed by atoms with Gasteiger partial charge in [0.25, 0.3) is 0 Å². The van der Waals surface area contributed by atoms with Gasteiger partial charge in [0, 0.05) is 24.3 Å². The first-order valence-corrected chi connectivity index (χ1v) is 5.34. The lowest BCUT2D eigenvalue weighted by atomic mass is 10.7. The zero-order chi connectivity index (χ0) is 8.81. The van der Waals surface area contributed by atoms with Gasteiger partial charge in [-0.2, -0.15) is 5.26 Å². The Labute approximate surface area is 85.1 Å². The van der Waals surface area contributed by atoms with Gasteiger partial charge in [-0.25, -0.2) is 0 Å². The molecule has 0 aliphatic heterocycles. The predicted octanol–water partition coefficient (Wildman–Crippen LogP) is 2.53. The van der Waals surface area contributed by atoms with Crippen molar-refractivity contribution in [3.63, 3.8) is 0 Å². The molecular weight excluding hydrogens is 208 g/mol. The van der Waals surface area contributed by atoms with Crippen LogP contribution in [0.15, 0.2) is 24.5 Å². The molecule has 0 N–H and O–H groups in total. The van der Waals surface area contributed by atoms with Crippen molar-refractivity contribution >= 4 is 39.5 Å². The summed E-state index contributed by atoms with van der Waals surface area (Å²) in [6.45, 7) is 0. The Bertz CT molecular complexity index is 286. The quantitative estimate of drug-likeness (QED) is 0.707. The number of hydrogen-bond acceptors (Lipinski definition) is 4. The zero-order valence-corrected chi connectivity index (χ0v) is 8.59. The number of hydrogen-bond donors (Lipinski definition) is 0. The summed E-state index contributed by atoms with van der Waals surface area (Å²) in [7, 11) is 0. The first-order chi connectivity index (χ1) is 5.83. The Morgan fingerprint density at radius 2 is 2.17 bits per heavy atom. The van der Waals surface area contributed by atoms with Crippen molar-refractivity contribution in [2.45, 2.75) is 0 Å². The third-order valence-electron chi connectivity index (χ3n) is 1.01. The summed E-state index contributed by atoms with van der Waals surface area (Å²) in [5, 5.41) is 8.29. The van der Waals surface area contributed by atoms with E-state index in [1.165, 1.54) is 23.7 Å². The number of aromatic nitrogens is 1. The lowest BCUT2D eigenvalue weighted by molar-refractivity contribution is 1.30. The van der Waals surface area contributed by atoms with E-state index >= 15 is 0 Å². The first kappa shape index (κ1) is 9.65. The summed E-state index contributed by atoms with van der Waals surface area (Å²) in [5.74, 6) is 0.424. The predicted molar refractivity (Wildman–Crippen MR) is 58.1 cm³/mol. The Kier molecular flexibility index (Phi) is 4.22. The van der Waals surface area contributed by atoms with Gasteiger partial charge in [0.05, 0.1) is 11.8 Å². The SMILES string of the molecule is N#CCSC(=S)Sn1cccc1. The molecule has 0 aliphatic carbocycles. The van der Waals surface area contributed by atoms with Crippen molar-refractivity contribution in [3.05, 3.63) is 24.5 Å². The second-order valence-electron chi connectivity index (χ2n) is 1.83. The lowest BCUT2D eigenvalue weighted by Gasteiger charge is -1.99. The molecule has 5 heteroatoms. The van der Waals surface area contributed by atoms with Crippen LogP contribution in [0.3, 0.4) is 0 Å². The van der Waals surface area contributed by atoms with Crippen molar-refractivity contribution in [2.24, 2.45) is 0 Å². The molecule has 12 heavy (non-hydrogen) atoms. The molecule has 1 aromatic rings. The van der Waals surface area contributed by atoms with Crippen LogP contribution in [0.5, 0.6) is 0 Å². The van der Waals surface area contributed by atoms with E-state index in [1.807, 2.05) is 34.6 Å². The summed E-state index contributed by atoms with van der Waals surface area (Å²) in [6.07, 6.45) is 3.84. The van der Waals surface area contributed by atoms with Crippen LogP contribution < -0.4 is 0 Å². The second-order valence-corrected chi connectivity index (χ2v) is 5.01. The maximum Gasteiger partial charge on any atom is 0.126 e. The molecule has 0 aromatic carbocycles. The fourth-order valence-electron chi connectivity index (χ4n) is 0.583. The van der Waals surface area contributed by atoms with E-state index in [1.54, 1.807) is 0 Å². The van der Waals surface area contributed by atoms with Gasteiger partial charge in [-0.1, -0.05) is 24.0 Å². The van der Waals surface area contributed by atoms with Crippen molar-refractivity contribution < 1.29 is 0 Å². The van der Waals surface area contributed by atoms with Gasteiger partial charge in [0.2, 0.25) is 0 Å². The van der Waals surface area contributed by atoms with Gasteiger partial charge in [0.15, 0.2) is 0 Å². The molecule has 62 valence electrons. The van der Waals surface area contributed by atoms with Crippen LogP contribution in [-0.4, -0.2) is 13.3 Å². The van der Waals surface area contributed by atoms with Crippen molar-refractivity contribution in [3.8, 4) is 6.07 Å². The van der Waals surface area contributed by atoms with Crippen LogP contribution in [0.2, 0.25) is 0 Å². The first-order valence-electron chi connectivity index (χ1n) is 3.18. The summed E-state index contributed by atoms with van der Waals surface area (Å²) in [4.78, 5) is 0. The molecule has 1 aromatic heterocycles. The largest absolute Gasteiger partial charge is 0.294 e. The van der Waals surface area contributed by atoms with Crippen LogP contribution in [0.25, 0.3) is 0 Å². The topological polar surface area (TPSA) is 28.7 Å². The molecule has 0 bridgehead atoms. The summed E-state index contributed by atoms with van der Waals surface area (Å²) in [5.41, 5.74) is 0. The second kappa shape index (κ2) is 5.25. The zero-order valence-electron chi connectivity index (χ0n) is 6.14. The van der Waals surface area contributed by atoms with Gasteiger partial charge in [-0.15, -0.1) is 0 Å². The minimum absolute atomic E-state index is 0.424. The molecule has 0 atom stereocenters. The molecule has 0 saturated heterocycles. The fourth-order valence-corrected chi connectivity index (χ4v) is 2.28. The molecule has 0 spiro atoms. The van der Waals surface area contributed by atoms with E-state index in [-0.39, 0.29) is 0 Å². The molecule has 0 saturated carbocycles. The number of rotatable bonds is 2. The Hall–Kier alpha value is -0.440. The molecule has 0 amide bonds. The molecule has 0 fully saturated rings. The van der Waals surface area contributed by atoms with Gasteiger partial charge < -0.3 is 0 Å². The maximum absolute atomic E-state index is 8.29. The Morgan fingerprint density at radius 3 is 2.75 bits per heavy atom. The minimum atomic E-state index is 0.424. The van der Waals surface area contributed by atoms with E-state index in [9.17, 15) is 0 Å². The number of nitrogens with zero attached hydrogens (tertiary/aromatic N) is 2. The summed E-state index contributed by atoms with van der Waals surface area (Å²) >= 11 is 7.86. The van der Waals surface area contributed by atoms with E-state index in [0.717, 1.165) is 3.53 Å². The molecule has 1 rings (SSSR count). The molecule has 0 radical (unpaired) electrons. The van der Waals surface area contributed by atoms with Gasteiger partial charge >= 0.3 is 0 Å². The fraction of sp³-hybridized carbons (Fsp3) is 0.143. The van der Waals surface area contributed by atoms with Crippen LogP contribution in [0.1, 0.15) is 0 Å². The third kappa shape index (κ3) is 3.30. The van der Waals surface area contributed by atoms with Crippen LogP contribution in [0, 0.1) is 11.3 Å². The third-order valence-corrected chi connectivity index (χ3v) is 3.28. The van der Waals surface area contributed by atoms with Crippen LogP contribution in [-0.2, 0) is 0 Å². The molecule has 0 unspecified atom stereocenters. The molecule has 1 heterocycles. The minimum Gasteiger partial charge on any atom is -0.294 e. The van der Waals surface area contributed by atoms with Gasteiger partial charge in [0.1, 0.15) is 3.53 Å². The van der Waals surface area contributed by atoms with E-state index < -0.39 is 0 Å².